The van der Waals surface area contributed by atoms with Gasteiger partial charge >= 0.3 is 12.1 Å². The molecule has 2 aliphatic heterocycles. The Kier molecular flexibility index (Phi) is 5.89. The summed E-state index contributed by atoms with van der Waals surface area (Å²) in [6.45, 7) is 6.94. The Morgan fingerprint density at radius 2 is 1.69 bits per heavy atom. The van der Waals surface area contributed by atoms with Crippen LogP contribution in [0.1, 0.15) is 51.2 Å². The fourth-order valence-corrected chi connectivity index (χ4v) is 4.47. The van der Waals surface area contributed by atoms with Crippen molar-refractivity contribution in [3.8, 4) is 16.9 Å². The second-order valence-electron chi connectivity index (χ2n) is 9.84. The van der Waals surface area contributed by atoms with E-state index in [1.807, 2.05) is 51.1 Å². The predicted octanol–water partition coefficient (Wildman–Crippen LogP) is 5.08. The third-order valence-corrected chi connectivity index (χ3v) is 6.21. The summed E-state index contributed by atoms with van der Waals surface area (Å²) in [5.74, 6) is 0.0998. The number of likely N-dealkylation sites (tertiary alicyclic amines) is 1. The molecule has 2 aliphatic rings. The molecule has 0 aliphatic carbocycles. The van der Waals surface area contributed by atoms with E-state index in [1.165, 1.54) is 5.56 Å². The fraction of sp³-hybridized carbons (Fsp3) is 0.462. The normalized spacial score (nSPS) is 17.4. The molecule has 1 fully saturated rings. The van der Waals surface area contributed by atoms with Crippen molar-refractivity contribution in [1.29, 1.82) is 0 Å². The molecular formula is C26H31NO5. The van der Waals surface area contributed by atoms with Crippen LogP contribution in [0, 0.1) is 0 Å². The van der Waals surface area contributed by atoms with Crippen LogP contribution in [0.4, 0.5) is 4.79 Å². The van der Waals surface area contributed by atoms with Gasteiger partial charge in [-0.05, 0) is 68.0 Å². The number of fused-ring (bicyclic) bond motifs is 1. The summed E-state index contributed by atoms with van der Waals surface area (Å²) in [4.78, 5) is 25.0. The molecule has 170 valence electrons. The van der Waals surface area contributed by atoms with Gasteiger partial charge in [-0.1, -0.05) is 30.3 Å². The Labute approximate surface area is 189 Å². The zero-order valence-corrected chi connectivity index (χ0v) is 19.0. The smallest absolute Gasteiger partial charge is 0.410 e. The number of benzene rings is 2. The maximum atomic E-state index is 12.4. The van der Waals surface area contributed by atoms with E-state index in [1.54, 1.807) is 4.90 Å². The molecule has 2 aromatic carbocycles. The van der Waals surface area contributed by atoms with E-state index in [-0.39, 0.29) is 18.1 Å². The zero-order valence-electron chi connectivity index (χ0n) is 19.0. The zero-order chi connectivity index (χ0) is 22.9. The third kappa shape index (κ3) is 5.06. The van der Waals surface area contributed by atoms with Gasteiger partial charge in [-0.3, -0.25) is 4.79 Å². The first kappa shape index (κ1) is 22.2. The second kappa shape index (κ2) is 8.49. The van der Waals surface area contributed by atoms with E-state index in [9.17, 15) is 9.59 Å². The molecule has 0 saturated carbocycles. The molecule has 4 rings (SSSR count). The highest BCUT2D eigenvalue weighted by atomic mass is 16.6. The number of carbonyl (C=O) groups is 2. The lowest BCUT2D eigenvalue weighted by Gasteiger charge is -2.44. The van der Waals surface area contributed by atoms with Gasteiger partial charge in [-0.15, -0.1) is 0 Å². The standard InChI is InChI=1S/C26H31NO5/c1-25(2,3)32-24(30)27-14-12-26(13-15-27)11-10-21-17-20(8-9-22(21)31-26)19-6-4-18(5-7-19)16-23(28)29/h4-9,17H,10-16H2,1-3H3,(H,28,29). The van der Waals surface area contributed by atoms with Gasteiger partial charge in [0.2, 0.25) is 0 Å². The monoisotopic (exact) mass is 437 g/mol. The number of carbonyl (C=O) groups excluding carboxylic acids is 1. The lowest BCUT2D eigenvalue weighted by Crippen LogP contribution is -2.52. The van der Waals surface area contributed by atoms with Crippen molar-refractivity contribution in [1.82, 2.24) is 4.90 Å². The van der Waals surface area contributed by atoms with Crippen molar-refractivity contribution < 1.29 is 24.2 Å². The molecule has 6 heteroatoms. The maximum Gasteiger partial charge on any atom is 0.410 e. The number of carboxylic acid groups (broad SMARTS) is 1. The van der Waals surface area contributed by atoms with E-state index in [0.29, 0.717) is 13.1 Å². The van der Waals surface area contributed by atoms with Crippen LogP contribution in [0.2, 0.25) is 0 Å². The Hall–Kier alpha value is -3.02. The number of carboxylic acids is 1. The number of nitrogens with zero attached hydrogens (tertiary/aromatic N) is 1. The largest absolute Gasteiger partial charge is 0.487 e. The Balaban J connectivity index is 1.41. The van der Waals surface area contributed by atoms with Crippen LogP contribution in [0.5, 0.6) is 5.75 Å². The average Bonchev–Trinajstić information content (AvgIpc) is 2.73. The molecule has 2 heterocycles. The SMILES string of the molecule is CC(C)(C)OC(=O)N1CCC2(CCc3cc(-c4ccc(CC(=O)O)cc4)ccc3O2)CC1. The number of piperidine rings is 1. The summed E-state index contributed by atoms with van der Waals surface area (Å²) >= 11 is 0. The Morgan fingerprint density at radius 1 is 1.03 bits per heavy atom. The third-order valence-electron chi connectivity index (χ3n) is 6.21. The minimum atomic E-state index is -0.825. The summed E-state index contributed by atoms with van der Waals surface area (Å²) in [5.41, 5.74) is 3.45. The molecule has 0 bridgehead atoms. The molecule has 2 aromatic rings. The van der Waals surface area contributed by atoms with Crippen LogP contribution in [0.15, 0.2) is 42.5 Å². The number of amides is 1. The first-order valence-electron chi connectivity index (χ1n) is 11.2. The van der Waals surface area contributed by atoms with E-state index in [4.69, 9.17) is 14.6 Å². The summed E-state index contributed by atoms with van der Waals surface area (Å²) < 4.78 is 12.0. The van der Waals surface area contributed by atoms with Crippen molar-refractivity contribution in [3.63, 3.8) is 0 Å². The number of hydrogen-bond acceptors (Lipinski definition) is 4. The molecule has 0 radical (unpaired) electrons. The van der Waals surface area contributed by atoms with Crippen molar-refractivity contribution in [3.05, 3.63) is 53.6 Å². The van der Waals surface area contributed by atoms with Crippen LogP contribution in [0.25, 0.3) is 11.1 Å². The van der Waals surface area contributed by atoms with Gasteiger partial charge in [0.25, 0.3) is 0 Å². The van der Waals surface area contributed by atoms with Crippen molar-refractivity contribution >= 4 is 12.1 Å². The van der Waals surface area contributed by atoms with Gasteiger partial charge in [-0.25, -0.2) is 4.79 Å². The summed E-state index contributed by atoms with van der Waals surface area (Å²) in [5, 5.41) is 8.94. The highest BCUT2D eigenvalue weighted by Crippen LogP contribution is 2.41. The first-order valence-corrected chi connectivity index (χ1v) is 11.2. The van der Waals surface area contributed by atoms with E-state index < -0.39 is 11.6 Å². The number of ether oxygens (including phenoxy) is 2. The molecule has 0 aromatic heterocycles. The van der Waals surface area contributed by atoms with Gasteiger partial charge in [0.1, 0.15) is 17.0 Å². The van der Waals surface area contributed by atoms with Crippen LogP contribution < -0.4 is 4.74 Å². The Bertz CT molecular complexity index is 998. The second-order valence-corrected chi connectivity index (χ2v) is 9.84. The molecule has 32 heavy (non-hydrogen) atoms. The summed E-state index contributed by atoms with van der Waals surface area (Å²) in [6, 6.07) is 13.9. The number of hydrogen-bond donors (Lipinski definition) is 1. The summed E-state index contributed by atoms with van der Waals surface area (Å²) in [6.07, 6.45) is 3.26. The molecule has 1 spiro atoms. The minimum Gasteiger partial charge on any atom is -0.487 e. The quantitative estimate of drug-likeness (QED) is 0.725. The van der Waals surface area contributed by atoms with Crippen LogP contribution in [0.3, 0.4) is 0 Å². The number of aliphatic carboxylic acids is 1. The van der Waals surface area contributed by atoms with Crippen molar-refractivity contribution in [2.45, 2.75) is 64.1 Å². The molecule has 1 amide bonds. The molecule has 0 unspecified atom stereocenters. The van der Waals surface area contributed by atoms with Gasteiger partial charge in [-0.2, -0.15) is 0 Å². The van der Waals surface area contributed by atoms with Crippen LogP contribution >= 0.6 is 0 Å². The van der Waals surface area contributed by atoms with Crippen LogP contribution in [-0.4, -0.2) is 46.4 Å². The molecule has 1 saturated heterocycles. The van der Waals surface area contributed by atoms with E-state index in [0.717, 1.165) is 48.1 Å². The minimum absolute atomic E-state index is 0.0335. The Morgan fingerprint density at radius 3 is 2.31 bits per heavy atom. The maximum absolute atomic E-state index is 12.4. The molecule has 6 nitrogen and oxygen atoms in total. The summed E-state index contributed by atoms with van der Waals surface area (Å²) in [7, 11) is 0. The van der Waals surface area contributed by atoms with Gasteiger partial charge < -0.3 is 19.5 Å². The predicted molar refractivity (Wildman–Crippen MR) is 122 cm³/mol. The fourth-order valence-electron chi connectivity index (χ4n) is 4.47. The number of rotatable bonds is 3. The van der Waals surface area contributed by atoms with E-state index in [2.05, 4.69) is 12.1 Å². The average molecular weight is 438 g/mol. The van der Waals surface area contributed by atoms with Gasteiger partial charge in [0.15, 0.2) is 0 Å². The van der Waals surface area contributed by atoms with Gasteiger partial charge in [0, 0.05) is 25.9 Å². The van der Waals surface area contributed by atoms with Crippen molar-refractivity contribution in [2.24, 2.45) is 0 Å². The van der Waals surface area contributed by atoms with Crippen molar-refractivity contribution in [2.75, 3.05) is 13.1 Å². The highest BCUT2D eigenvalue weighted by Gasteiger charge is 2.41. The topological polar surface area (TPSA) is 76.1 Å². The molecule has 0 atom stereocenters. The number of aryl methyl sites for hydroxylation is 1. The van der Waals surface area contributed by atoms with Gasteiger partial charge in [0.05, 0.1) is 6.42 Å². The van der Waals surface area contributed by atoms with E-state index >= 15 is 0 Å². The molecule has 1 N–H and O–H groups in total. The lowest BCUT2D eigenvalue weighted by molar-refractivity contribution is -0.136. The first-order chi connectivity index (χ1) is 15.1. The highest BCUT2D eigenvalue weighted by molar-refractivity contribution is 5.71. The van der Waals surface area contributed by atoms with Crippen LogP contribution in [-0.2, 0) is 22.4 Å². The lowest BCUT2D eigenvalue weighted by atomic mass is 9.82. The molecular weight excluding hydrogens is 406 g/mol.